The first kappa shape index (κ1) is 39.2. The fraction of sp³-hybridized carbons (Fsp3) is 0.865. The molecule has 1 aliphatic heterocycles. The summed E-state index contributed by atoms with van der Waals surface area (Å²) in [5.41, 5.74) is -0.477. The molecule has 0 aromatic rings. The minimum Gasteiger partial charge on any atom is -0.460 e. The van der Waals surface area contributed by atoms with Crippen LogP contribution in [0.3, 0.4) is 0 Å². The summed E-state index contributed by atoms with van der Waals surface area (Å²) in [6, 6.07) is -0.158. The molecule has 0 aromatic carbocycles. The Labute approximate surface area is 274 Å². The van der Waals surface area contributed by atoms with Gasteiger partial charge in [0.25, 0.3) is 0 Å². The van der Waals surface area contributed by atoms with Gasteiger partial charge in [-0.1, -0.05) is 97.6 Å². The maximum atomic E-state index is 13.0. The minimum atomic E-state index is -0.835. The lowest BCUT2D eigenvalue weighted by molar-refractivity contribution is -0.304. The Hall–Kier alpha value is -1.93. The van der Waals surface area contributed by atoms with Gasteiger partial charge in [0.2, 0.25) is 11.8 Å². The number of esters is 1. The summed E-state index contributed by atoms with van der Waals surface area (Å²) in [5.74, 6) is -1.46. The third-order valence-electron chi connectivity index (χ3n) is 9.18. The summed E-state index contributed by atoms with van der Waals surface area (Å²) in [4.78, 5) is 38.5. The molecular weight excluding hydrogens is 568 g/mol. The molecule has 0 spiro atoms. The highest BCUT2D eigenvalue weighted by molar-refractivity contribution is 5.82. The van der Waals surface area contributed by atoms with Crippen molar-refractivity contribution in [1.82, 2.24) is 10.6 Å². The van der Waals surface area contributed by atoms with E-state index < -0.39 is 17.3 Å². The van der Waals surface area contributed by atoms with Crippen molar-refractivity contribution in [3.05, 3.63) is 12.2 Å². The Balaban J connectivity index is 1.60. The van der Waals surface area contributed by atoms with Gasteiger partial charge in [0.15, 0.2) is 5.79 Å². The van der Waals surface area contributed by atoms with Gasteiger partial charge in [-0.2, -0.15) is 0 Å². The maximum Gasteiger partial charge on any atom is 0.307 e. The highest BCUT2D eigenvalue weighted by atomic mass is 16.7. The van der Waals surface area contributed by atoms with E-state index in [2.05, 4.69) is 29.7 Å². The van der Waals surface area contributed by atoms with E-state index in [0.717, 1.165) is 51.4 Å². The van der Waals surface area contributed by atoms with Gasteiger partial charge in [-0.15, -0.1) is 0 Å². The molecule has 0 radical (unpaired) electrons. The molecule has 1 aliphatic carbocycles. The summed E-state index contributed by atoms with van der Waals surface area (Å²) in [7, 11) is 0. The average Bonchev–Trinajstić information content (AvgIpc) is 2.99. The summed E-state index contributed by atoms with van der Waals surface area (Å²) in [5, 5.41) is 6.02. The zero-order chi connectivity index (χ0) is 33.1. The maximum absolute atomic E-state index is 13.0. The molecule has 1 heterocycles. The molecule has 2 aliphatic rings. The molecule has 0 aromatic heterocycles. The van der Waals surface area contributed by atoms with Crippen LogP contribution in [0.15, 0.2) is 12.2 Å². The molecule has 2 amide bonds. The van der Waals surface area contributed by atoms with Crippen molar-refractivity contribution < 1.29 is 28.6 Å². The zero-order valence-electron chi connectivity index (χ0n) is 29.6. The number of ether oxygens (including phenoxy) is 3. The van der Waals surface area contributed by atoms with Gasteiger partial charge in [0.1, 0.15) is 12.2 Å². The fourth-order valence-corrected chi connectivity index (χ4v) is 6.13. The van der Waals surface area contributed by atoms with E-state index in [1.165, 1.54) is 57.8 Å². The SMILES string of the molecule is CCCCCCCCC=CCCCCCCC(C)C(=O)NC1CCCCC1OC(=O)CCNC(=O)C1OC(C)(C)OCC1(C)C. The lowest BCUT2D eigenvalue weighted by Crippen LogP contribution is -2.56. The van der Waals surface area contributed by atoms with Crippen molar-refractivity contribution in [2.45, 2.75) is 181 Å². The highest BCUT2D eigenvalue weighted by Crippen LogP contribution is 2.35. The summed E-state index contributed by atoms with van der Waals surface area (Å²) < 4.78 is 17.4. The molecule has 2 rings (SSSR count). The van der Waals surface area contributed by atoms with E-state index in [0.29, 0.717) is 6.61 Å². The van der Waals surface area contributed by atoms with Crippen LogP contribution in [-0.2, 0) is 28.6 Å². The molecule has 4 atom stereocenters. The van der Waals surface area contributed by atoms with E-state index in [-0.39, 0.29) is 48.8 Å². The molecule has 2 fully saturated rings. The standard InChI is InChI=1S/C37H66N2O6/c1-7-8-9-10-11-12-13-14-15-16-17-18-19-20-23-29(2)34(41)39-30-24-21-22-25-31(30)44-32(40)26-27-38-35(42)33-36(3,4)28-43-37(5,6)45-33/h14-15,29-31,33H,7-13,16-28H2,1-6H3,(H,38,42)(H,39,41). The molecule has 0 bridgehead atoms. The van der Waals surface area contributed by atoms with Crippen LogP contribution in [-0.4, -0.2) is 55.0 Å². The van der Waals surface area contributed by atoms with Gasteiger partial charge in [-0.05, 0) is 65.2 Å². The normalized spacial score (nSPS) is 23.4. The number of hydrogen-bond acceptors (Lipinski definition) is 6. The first-order valence-corrected chi connectivity index (χ1v) is 18.2. The van der Waals surface area contributed by atoms with Crippen LogP contribution in [0.4, 0.5) is 0 Å². The van der Waals surface area contributed by atoms with Crippen molar-refractivity contribution in [1.29, 1.82) is 0 Å². The van der Waals surface area contributed by atoms with E-state index in [4.69, 9.17) is 14.2 Å². The van der Waals surface area contributed by atoms with Gasteiger partial charge < -0.3 is 24.8 Å². The van der Waals surface area contributed by atoms with Gasteiger partial charge >= 0.3 is 5.97 Å². The molecule has 8 heteroatoms. The quantitative estimate of drug-likeness (QED) is 0.0755. The van der Waals surface area contributed by atoms with Crippen LogP contribution < -0.4 is 10.6 Å². The van der Waals surface area contributed by atoms with Crippen molar-refractivity contribution in [2.24, 2.45) is 11.3 Å². The Bertz CT molecular complexity index is 901. The molecule has 1 saturated carbocycles. The van der Waals surface area contributed by atoms with E-state index in [1.807, 2.05) is 20.8 Å². The zero-order valence-corrected chi connectivity index (χ0v) is 29.6. The summed E-state index contributed by atoms with van der Waals surface area (Å²) in [6.07, 6.45) is 23.3. The molecule has 4 unspecified atom stereocenters. The van der Waals surface area contributed by atoms with E-state index in [9.17, 15) is 14.4 Å². The Morgan fingerprint density at radius 2 is 1.51 bits per heavy atom. The summed E-state index contributed by atoms with van der Waals surface area (Å²) >= 11 is 0. The van der Waals surface area contributed by atoms with Crippen LogP contribution in [0.25, 0.3) is 0 Å². The predicted octanol–water partition coefficient (Wildman–Crippen LogP) is 7.92. The van der Waals surface area contributed by atoms with E-state index in [1.54, 1.807) is 13.8 Å². The molecule has 260 valence electrons. The van der Waals surface area contributed by atoms with Gasteiger partial charge in [-0.3, -0.25) is 14.4 Å². The van der Waals surface area contributed by atoms with Gasteiger partial charge in [0.05, 0.1) is 19.1 Å². The minimum absolute atomic E-state index is 0.0508. The van der Waals surface area contributed by atoms with Crippen LogP contribution in [0.1, 0.15) is 157 Å². The number of amides is 2. The number of hydrogen-bond donors (Lipinski definition) is 2. The van der Waals surface area contributed by atoms with Crippen LogP contribution >= 0.6 is 0 Å². The van der Waals surface area contributed by atoms with Crippen LogP contribution in [0.5, 0.6) is 0 Å². The average molecular weight is 635 g/mol. The lowest BCUT2D eigenvalue weighted by Gasteiger charge is -2.44. The molecule has 45 heavy (non-hydrogen) atoms. The smallest absolute Gasteiger partial charge is 0.307 e. The first-order chi connectivity index (χ1) is 21.4. The van der Waals surface area contributed by atoms with Crippen molar-refractivity contribution in [2.75, 3.05) is 13.2 Å². The van der Waals surface area contributed by atoms with Crippen molar-refractivity contribution in [3.8, 4) is 0 Å². The highest BCUT2D eigenvalue weighted by Gasteiger charge is 2.45. The first-order valence-electron chi connectivity index (χ1n) is 18.2. The molecule has 1 saturated heterocycles. The van der Waals surface area contributed by atoms with Gasteiger partial charge in [-0.25, -0.2) is 0 Å². The largest absolute Gasteiger partial charge is 0.460 e. The van der Waals surface area contributed by atoms with Crippen molar-refractivity contribution >= 4 is 17.8 Å². The molecule has 8 nitrogen and oxygen atoms in total. The topological polar surface area (TPSA) is 103 Å². The lowest BCUT2D eigenvalue weighted by atomic mass is 9.85. The number of rotatable bonds is 21. The molecular formula is C37H66N2O6. The second-order valence-corrected chi connectivity index (χ2v) is 14.6. The Morgan fingerprint density at radius 3 is 2.20 bits per heavy atom. The summed E-state index contributed by atoms with van der Waals surface area (Å²) in [6.45, 7) is 12.3. The van der Waals surface area contributed by atoms with Crippen LogP contribution in [0, 0.1) is 11.3 Å². The Morgan fingerprint density at radius 1 is 0.889 bits per heavy atom. The van der Waals surface area contributed by atoms with Gasteiger partial charge in [0, 0.05) is 17.9 Å². The predicted molar refractivity (Wildman–Crippen MR) is 181 cm³/mol. The number of carbonyl (C=O) groups excluding carboxylic acids is 3. The third kappa shape index (κ3) is 16.0. The number of nitrogens with one attached hydrogen (secondary N) is 2. The van der Waals surface area contributed by atoms with Crippen molar-refractivity contribution in [3.63, 3.8) is 0 Å². The third-order valence-corrected chi connectivity index (χ3v) is 9.18. The van der Waals surface area contributed by atoms with E-state index >= 15 is 0 Å². The second kappa shape index (κ2) is 21.0. The number of carbonyl (C=O) groups is 3. The monoisotopic (exact) mass is 634 g/mol. The number of allylic oxidation sites excluding steroid dienone is 2. The molecule has 2 N–H and O–H groups in total. The second-order valence-electron chi connectivity index (χ2n) is 14.6. The Kier molecular flexibility index (Phi) is 18.4. The number of unbranched alkanes of at least 4 members (excludes halogenated alkanes) is 10. The van der Waals surface area contributed by atoms with Crippen LogP contribution in [0.2, 0.25) is 0 Å². The fourth-order valence-electron chi connectivity index (χ4n) is 6.13.